The van der Waals surface area contributed by atoms with Crippen molar-refractivity contribution in [3.8, 4) is 0 Å². The van der Waals surface area contributed by atoms with E-state index in [0.717, 1.165) is 83.5 Å². The second-order valence-corrected chi connectivity index (χ2v) is 24.2. The van der Waals surface area contributed by atoms with Crippen LogP contribution in [0.1, 0.15) is 335 Å². The van der Waals surface area contributed by atoms with E-state index in [4.69, 9.17) is 14.2 Å². The van der Waals surface area contributed by atoms with Gasteiger partial charge in [0.15, 0.2) is 12.4 Å². The van der Waals surface area contributed by atoms with Crippen molar-refractivity contribution >= 4 is 11.9 Å². The third-order valence-electron chi connectivity index (χ3n) is 16.6. The molecule has 8 unspecified atom stereocenters. The van der Waals surface area contributed by atoms with Gasteiger partial charge in [0, 0.05) is 6.42 Å². The van der Waals surface area contributed by atoms with Gasteiger partial charge in [0.05, 0.1) is 25.4 Å². The smallest absolute Gasteiger partial charge is 0.306 e. The highest BCUT2D eigenvalue weighted by Gasteiger charge is 2.47. The van der Waals surface area contributed by atoms with Crippen LogP contribution in [-0.2, 0) is 23.8 Å². The van der Waals surface area contributed by atoms with Crippen molar-refractivity contribution in [3.05, 3.63) is 36.5 Å². The van der Waals surface area contributed by atoms with Crippen LogP contribution in [0.15, 0.2) is 36.5 Å². The Morgan fingerprint density at radius 3 is 1.32 bits per heavy atom. The lowest BCUT2D eigenvalue weighted by Gasteiger charge is -2.41. The first-order chi connectivity index (χ1) is 39.7. The first-order valence-electron chi connectivity index (χ1n) is 34.8. The lowest BCUT2D eigenvalue weighted by atomic mass is 9.99. The van der Waals surface area contributed by atoms with Crippen molar-refractivity contribution in [2.24, 2.45) is 0 Å². The molecule has 11 nitrogen and oxygen atoms in total. The Morgan fingerprint density at radius 1 is 0.494 bits per heavy atom. The van der Waals surface area contributed by atoms with E-state index in [-0.39, 0.29) is 13.0 Å². The summed E-state index contributed by atoms with van der Waals surface area (Å²) in [6.45, 7) is 5.72. The first kappa shape index (κ1) is 76.9. The van der Waals surface area contributed by atoms with Gasteiger partial charge in [-0.15, -0.1) is 0 Å². The number of nitrogens with one attached hydrogen (secondary N) is 1. The Hall–Kier alpha value is -2.12. The molecular weight excluding hydrogens is 1010 g/mol. The van der Waals surface area contributed by atoms with E-state index in [1.807, 2.05) is 6.08 Å². The zero-order chi connectivity index (χ0) is 58.9. The van der Waals surface area contributed by atoms with Crippen molar-refractivity contribution in [2.45, 2.75) is 384 Å². The number of hydrogen-bond acceptors (Lipinski definition) is 10. The van der Waals surface area contributed by atoms with E-state index in [0.29, 0.717) is 19.3 Å². The van der Waals surface area contributed by atoms with Gasteiger partial charge in [-0.2, -0.15) is 0 Å². The van der Waals surface area contributed by atoms with Crippen LogP contribution in [0.4, 0.5) is 0 Å². The first-order valence-corrected chi connectivity index (χ1v) is 34.8. The maximum Gasteiger partial charge on any atom is 0.306 e. The average Bonchev–Trinajstić information content (AvgIpc) is 3.53. The summed E-state index contributed by atoms with van der Waals surface area (Å²) < 4.78 is 17.6. The van der Waals surface area contributed by atoms with Crippen LogP contribution in [0.5, 0.6) is 0 Å². The fraction of sp³-hybridized carbons (Fsp3) is 0.886. The van der Waals surface area contributed by atoms with E-state index < -0.39 is 67.4 Å². The van der Waals surface area contributed by atoms with Crippen molar-refractivity contribution in [2.75, 3.05) is 13.2 Å². The van der Waals surface area contributed by atoms with Crippen molar-refractivity contribution < 1.29 is 49.3 Å². The number of esters is 1. The van der Waals surface area contributed by atoms with Gasteiger partial charge in [0.2, 0.25) is 5.91 Å². The molecule has 1 aliphatic rings. The molecule has 1 amide bonds. The van der Waals surface area contributed by atoms with Crippen LogP contribution in [0.2, 0.25) is 0 Å². The summed E-state index contributed by atoms with van der Waals surface area (Å²) in [6.07, 6.45) is 60.6. The second-order valence-electron chi connectivity index (χ2n) is 24.2. The molecule has 0 aromatic rings. The molecule has 11 heteroatoms. The Morgan fingerprint density at radius 2 is 0.889 bits per heavy atom. The lowest BCUT2D eigenvalue weighted by molar-refractivity contribution is -0.305. The number of amides is 1. The molecule has 0 aliphatic carbocycles. The van der Waals surface area contributed by atoms with Gasteiger partial charge >= 0.3 is 5.97 Å². The van der Waals surface area contributed by atoms with Gasteiger partial charge < -0.3 is 45.1 Å². The molecule has 0 spiro atoms. The Labute approximate surface area is 498 Å². The number of ether oxygens (including phenoxy) is 3. The van der Waals surface area contributed by atoms with E-state index in [1.165, 1.54) is 205 Å². The molecule has 1 fully saturated rings. The normalized spacial score (nSPS) is 18.8. The standard InChI is InChI=1S/C70H131NO10/c1-4-7-10-13-16-19-22-25-27-28-29-30-31-32-33-34-35-36-37-38-39-42-45-48-51-54-57-63(74)69(78)71-61(62(73)56-53-50-47-44-41-24-21-18-15-12-9-6-3)60-79-70-68(67(77)66(76)64(59-72)80-70)81-65(75)58-55-52-49-46-43-40-26-23-20-17-14-11-8-5-2/h8,11,17,20,53,56,61-64,66-68,70,72-74,76-77H,4-7,9-10,12-16,18-19,21-52,54-55,57-60H2,1-3H3,(H,71,78)/b11-8+,20-17+,56-53+. The Bertz CT molecular complexity index is 1460. The zero-order valence-corrected chi connectivity index (χ0v) is 52.9. The number of hydrogen-bond donors (Lipinski definition) is 6. The molecule has 81 heavy (non-hydrogen) atoms. The van der Waals surface area contributed by atoms with Gasteiger partial charge in [-0.3, -0.25) is 9.59 Å². The predicted molar refractivity (Wildman–Crippen MR) is 338 cm³/mol. The molecule has 1 saturated heterocycles. The molecule has 0 bridgehead atoms. The van der Waals surface area contributed by atoms with Crippen LogP contribution in [0.25, 0.3) is 0 Å². The Kier molecular flexibility index (Phi) is 55.3. The highest BCUT2D eigenvalue weighted by molar-refractivity contribution is 5.80. The molecule has 0 aromatic heterocycles. The van der Waals surface area contributed by atoms with Gasteiger partial charge in [-0.1, -0.05) is 314 Å². The molecule has 0 saturated carbocycles. The van der Waals surface area contributed by atoms with Gasteiger partial charge in [0.25, 0.3) is 0 Å². The SMILES string of the molecule is CC/C=C/C/C=C/CCCCCCCCCC(=O)OC1C(OCC(NC(=O)C(O)CCCCCCCCCCCCCCCCCCCCCCCCCCCC)C(O)/C=C/CCCCCCCCCCCC)OC(CO)C(O)C1O. The molecule has 8 atom stereocenters. The van der Waals surface area contributed by atoms with Gasteiger partial charge in [-0.05, 0) is 51.4 Å². The van der Waals surface area contributed by atoms with Crippen molar-refractivity contribution in [3.63, 3.8) is 0 Å². The quantitative estimate of drug-likeness (QED) is 0.0195. The minimum absolute atomic E-state index is 0.117. The molecule has 1 aliphatic heterocycles. The van der Waals surface area contributed by atoms with Crippen LogP contribution < -0.4 is 5.32 Å². The van der Waals surface area contributed by atoms with Crippen LogP contribution in [0, 0.1) is 0 Å². The molecule has 6 N–H and O–H groups in total. The molecule has 476 valence electrons. The summed E-state index contributed by atoms with van der Waals surface area (Å²) >= 11 is 0. The van der Waals surface area contributed by atoms with Crippen LogP contribution in [-0.4, -0.2) is 99.6 Å². The third-order valence-corrected chi connectivity index (χ3v) is 16.6. The monoisotopic (exact) mass is 1150 g/mol. The van der Waals surface area contributed by atoms with E-state index in [2.05, 4.69) is 50.4 Å². The van der Waals surface area contributed by atoms with Gasteiger partial charge in [0.1, 0.15) is 24.4 Å². The summed E-state index contributed by atoms with van der Waals surface area (Å²) in [7, 11) is 0. The molecular formula is C70H131NO10. The topological polar surface area (TPSA) is 175 Å². The molecule has 1 rings (SSSR count). The summed E-state index contributed by atoms with van der Waals surface area (Å²) in [5, 5.41) is 57.1. The number of aliphatic hydroxyl groups excluding tert-OH is 5. The highest BCUT2D eigenvalue weighted by Crippen LogP contribution is 2.26. The largest absolute Gasteiger partial charge is 0.454 e. The summed E-state index contributed by atoms with van der Waals surface area (Å²) in [4.78, 5) is 26.6. The average molecular weight is 1150 g/mol. The third kappa shape index (κ3) is 45.9. The number of carbonyl (C=O) groups is 2. The van der Waals surface area contributed by atoms with Crippen LogP contribution >= 0.6 is 0 Å². The number of rotatable bonds is 60. The zero-order valence-electron chi connectivity index (χ0n) is 52.9. The van der Waals surface area contributed by atoms with E-state index in [1.54, 1.807) is 6.08 Å². The minimum Gasteiger partial charge on any atom is -0.454 e. The van der Waals surface area contributed by atoms with Crippen molar-refractivity contribution in [1.82, 2.24) is 5.32 Å². The molecule has 1 heterocycles. The Balaban J connectivity index is 2.54. The molecule has 0 aromatic carbocycles. The van der Waals surface area contributed by atoms with Gasteiger partial charge in [-0.25, -0.2) is 0 Å². The highest BCUT2D eigenvalue weighted by atomic mass is 16.7. The number of aliphatic hydroxyl groups is 5. The van der Waals surface area contributed by atoms with E-state index in [9.17, 15) is 35.1 Å². The fourth-order valence-electron chi connectivity index (χ4n) is 11.1. The van der Waals surface area contributed by atoms with E-state index >= 15 is 0 Å². The number of allylic oxidation sites excluding steroid dienone is 5. The van der Waals surface area contributed by atoms with Crippen molar-refractivity contribution in [1.29, 1.82) is 0 Å². The minimum atomic E-state index is -1.61. The lowest BCUT2D eigenvalue weighted by Crippen LogP contribution is -2.61. The maximum atomic E-state index is 13.5. The summed E-state index contributed by atoms with van der Waals surface area (Å²) in [5.74, 6) is -1.19. The summed E-state index contributed by atoms with van der Waals surface area (Å²) in [5.41, 5.74) is 0. The summed E-state index contributed by atoms with van der Waals surface area (Å²) in [6, 6.07) is -1.02. The number of carbonyl (C=O) groups excluding carboxylic acids is 2. The number of unbranched alkanes of at least 4 members (excludes halogenated alkanes) is 42. The maximum absolute atomic E-state index is 13.5. The second kappa shape index (κ2) is 58.3. The van der Waals surface area contributed by atoms with Crippen LogP contribution in [0.3, 0.4) is 0 Å². The molecule has 0 radical (unpaired) electrons. The fourth-order valence-corrected chi connectivity index (χ4v) is 11.1. The predicted octanol–water partition coefficient (Wildman–Crippen LogP) is 17.4.